The van der Waals surface area contributed by atoms with Crippen LogP contribution in [0, 0.1) is 0 Å². The van der Waals surface area contributed by atoms with Gasteiger partial charge in [-0.25, -0.2) is 8.42 Å². The normalized spacial score (nSPS) is 11.4. The van der Waals surface area contributed by atoms with Gasteiger partial charge in [0.2, 0.25) is 0 Å². The minimum absolute atomic E-state index is 0.101. The van der Waals surface area contributed by atoms with Gasteiger partial charge in [0.05, 0.1) is 17.9 Å². The average molecular weight is 294 g/mol. The van der Waals surface area contributed by atoms with Crippen molar-refractivity contribution in [3.05, 3.63) is 54.0 Å². The quantitative estimate of drug-likeness (QED) is 0.573. The highest BCUT2D eigenvalue weighted by Gasteiger charge is 2.09. The molecule has 0 amide bonds. The van der Waals surface area contributed by atoms with Gasteiger partial charge in [-0.05, 0) is 25.5 Å². The highest BCUT2D eigenvalue weighted by atomic mass is 32.2. The van der Waals surface area contributed by atoms with E-state index in [0.29, 0.717) is 18.6 Å². The van der Waals surface area contributed by atoms with E-state index in [4.69, 9.17) is 4.74 Å². The van der Waals surface area contributed by atoms with E-state index in [0.717, 1.165) is 5.41 Å². The Morgan fingerprint density at radius 3 is 2.55 bits per heavy atom. The van der Waals surface area contributed by atoms with Crippen molar-refractivity contribution >= 4 is 15.8 Å². The van der Waals surface area contributed by atoms with E-state index in [1.54, 1.807) is 25.1 Å². The van der Waals surface area contributed by atoms with Crippen molar-refractivity contribution < 1.29 is 17.9 Å². The predicted molar refractivity (Wildman–Crippen MR) is 77.8 cm³/mol. The molecule has 0 bridgehead atoms. The third kappa shape index (κ3) is 5.40. The Labute approximate surface area is 119 Å². The molecule has 0 atom stereocenters. The molecule has 1 aromatic carbocycles. The fourth-order valence-electron chi connectivity index (χ4n) is 1.52. The molecule has 0 aliphatic carbocycles. The van der Waals surface area contributed by atoms with E-state index in [9.17, 15) is 13.2 Å². The Kier molecular flexibility index (Phi) is 6.18. The number of rotatable bonds is 7. The van der Waals surface area contributed by atoms with Crippen LogP contribution in [-0.4, -0.2) is 21.0 Å². The van der Waals surface area contributed by atoms with Gasteiger partial charge in [-0.2, -0.15) is 0 Å². The molecule has 5 heteroatoms. The monoisotopic (exact) mass is 294 g/mol. The van der Waals surface area contributed by atoms with Gasteiger partial charge in [0.1, 0.15) is 0 Å². The molecule has 0 aliphatic rings. The van der Waals surface area contributed by atoms with Crippen LogP contribution in [-0.2, 0) is 19.4 Å². The van der Waals surface area contributed by atoms with Crippen LogP contribution < -0.4 is 0 Å². The summed E-state index contributed by atoms with van der Waals surface area (Å²) in [6.07, 6.45) is 1.92. The molecule has 0 radical (unpaired) electrons. The summed E-state index contributed by atoms with van der Waals surface area (Å²) in [5.41, 5.74) is 0.614. The molecule has 0 saturated heterocycles. The van der Waals surface area contributed by atoms with E-state index >= 15 is 0 Å². The predicted octanol–water partition coefficient (Wildman–Crippen LogP) is 2.87. The van der Waals surface area contributed by atoms with E-state index in [1.165, 1.54) is 18.2 Å². The van der Waals surface area contributed by atoms with Crippen LogP contribution in [0.15, 0.2) is 58.9 Å². The fourth-order valence-corrected chi connectivity index (χ4v) is 2.56. The lowest BCUT2D eigenvalue weighted by Crippen LogP contribution is -2.04. The minimum Gasteiger partial charge on any atom is -0.466 e. The van der Waals surface area contributed by atoms with Crippen LogP contribution in [0.3, 0.4) is 0 Å². The van der Waals surface area contributed by atoms with Crippen molar-refractivity contribution in [2.75, 3.05) is 6.61 Å². The smallest absolute Gasteiger partial charge is 0.309 e. The molecule has 20 heavy (non-hydrogen) atoms. The highest BCUT2D eigenvalue weighted by molar-refractivity contribution is 7.94. The zero-order valence-electron chi connectivity index (χ0n) is 11.4. The first-order chi connectivity index (χ1) is 9.45. The third-order valence-corrected chi connectivity index (χ3v) is 3.93. The van der Waals surface area contributed by atoms with Gasteiger partial charge >= 0.3 is 5.97 Å². The number of hydrogen-bond donors (Lipinski definition) is 0. The summed E-state index contributed by atoms with van der Waals surface area (Å²) in [7, 11) is -3.43. The van der Waals surface area contributed by atoms with Gasteiger partial charge in [-0.15, -0.1) is 0 Å². The van der Waals surface area contributed by atoms with Crippen molar-refractivity contribution in [3.8, 4) is 0 Å². The molecule has 0 saturated carbocycles. The van der Waals surface area contributed by atoms with Gasteiger partial charge in [-0.3, -0.25) is 4.79 Å². The molecule has 0 N–H and O–H groups in total. The zero-order chi connectivity index (χ0) is 15.0. The maximum Gasteiger partial charge on any atom is 0.309 e. The first-order valence-corrected chi connectivity index (χ1v) is 7.79. The van der Waals surface area contributed by atoms with Crippen molar-refractivity contribution in [2.24, 2.45) is 0 Å². The van der Waals surface area contributed by atoms with E-state index in [2.05, 4.69) is 6.58 Å². The summed E-state index contributed by atoms with van der Waals surface area (Å²) >= 11 is 0. The zero-order valence-corrected chi connectivity index (χ0v) is 12.2. The van der Waals surface area contributed by atoms with Crippen LogP contribution in [0.1, 0.15) is 19.8 Å². The van der Waals surface area contributed by atoms with Gasteiger partial charge in [0, 0.05) is 5.41 Å². The molecule has 1 aromatic rings. The highest BCUT2D eigenvalue weighted by Crippen LogP contribution is 2.13. The lowest BCUT2D eigenvalue weighted by molar-refractivity contribution is -0.142. The topological polar surface area (TPSA) is 60.4 Å². The Bertz CT molecular complexity index is 586. The van der Waals surface area contributed by atoms with Crippen molar-refractivity contribution in [1.29, 1.82) is 0 Å². The first-order valence-electron chi connectivity index (χ1n) is 6.24. The summed E-state index contributed by atoms with van der Waals surface area (Å²) < 4.78 is 28.6. The van der Waals surface area contributed by atoms with Crippen LogP contribution in [0.5, 0.6) is 0 Å². The van der Waals surface area contributed by atoms with Gasteiger partial charge in [-0.1, -0.05) is 36.4 Å². The lowest BCUT2D eigenvalue weighted by Gasteiger charge is -2.02. The molecule has 0 unspecified atom stereocenters. The molecule has 0 aromatic heterocycles. The molecule has 0 aliphatic heterocycles. The Balaban J connectivity index is 2.57. The number of carbonyl (C=O) groups excluding carboxylic acids is 1. The number of ether oxygens (including phenoxy) is 1. The van der Waals surface area contributed by atoms with Gasteiger partial charge in [0.25, 0.3) is 0 Å². The van der Waals surface area contributed by atoms with Crippen molar-refractivity contribution in [3.63, 3.8) is 0 Å². The van der Waals surface area contributed by atoms with Crippen molar-refractivity contribution in [1.82, 2.24) is 0 Å². The maximum atomic E-state index is 11.9. The Hall–Kier alpha value is -1.88. The second-order valence-electron chi connectivity index (χ2n) is 4.17. The Morgan fingerprint density at radius 2 is 1.95 bits per heavy atom. The third-order valence-electron chi connectivity index (χ3n) is 2.45. The minimum atomic E-state index is -3.43. The molecule has 108 valence electrons. The standard InChI is InChI=1S/C15H18O4S/c1-3-19-15(16)12-13(2)8-7-11-20(17,18)14-9-5-4-6-10-14/h4-7,9-11H,2-3,8,12H2,1H3/b11-7+. The van der Waals surface area contributed by atoms with E-state index < -0.39 is 9.84 Å². The second-order valence-corrected chi connectivity index (χ2v) is 6.00. The first kappa shape index (κ1) is 16.2. The largest absolute Gasteiger partial charge is 0.466 e. The molecule has 0 fully saturated rings. The number of esters is 1. The summed E-state index contributed by atoms with van der Waals surface area (Å²) in [5.74, 6) is -0.350. The number of benzene rings is 1. The van der Waals surface area contributed by atoms with Crippen LogP contribution in [0.25, 0.3) is 0 Å². The van der Waals surface area contributed by atoms with Gasteiger partial charge in [0.15, 0.2) is 9.84 Å². The number of sulfone groups is 1. The van der Waals surface area contributed by atoms with E-state index in [-0.39, 0.29) is 17.3 Å². The lowest BCUT2D eigenvalue weighted by atomic mass is 10.1. The fraction of sp³-hybridized carbons (Fsp3) is 0.267. The van der Waals surface area contributed by atoms with Crippen molar-refractivity contribution in [2.45, 2.75) is 24.7 Å². The molecule has 0 heterocycles. The summed E-state index contributed by atoms with van der Waals surface area (Å²) in [4.78, 5) is 11.5. The van der Waals surface area contributed by atoms with E-state index in [1.807, 2.05) is 0 Å². The summed E-state index contributed by atoms with van der Waals surface area (Å²) in [6, 6.07) is 8.16. The number of allylic oxidation sites excluding steroid dienone is 1. The average Bonchev–Trinajstić information content (AvgIpc) is 2.39. The molecule has 1 rings (SSSR count). The SMILES string of the molecule is C=C(C/C=C/S(=O)(=O)c1ccccc1)CC(=O)OCC. The summed E-state index contributed by atoms with van der Waals surface area (Å²) in [5, 5.41) is 1.14. The molecule has 4 nitrogen and oxygen atoms in total. The van der Waals surface area contributed by atoms with Gasteiger partial charge < -0.3 is 4.74 Å². The summed E-state index contributed by atoms with van der Waals surface area (Å²) in [6.45, 7) is 5.78. The molecular weight excluding hydrogens is 276 g/mol. The number of carbonyl (C=O) groups is 1. The maximum absolute atomic E-state index is 11.9. The van der Waals surface area contributed by atoms with Crippen LogP contribution >= 0.6 is 0 Å². The Morgan fingerprint density at radius 1 is 1.30 bits per heavy atom. The van der Waals surface area contributed by atoms with Crippen LogP contribution in [0.2, 0.25) is 0 Å². The van der Waals surface area contributed by atoms with Crippen LogP contribution in [0.4, 0.5) is 0 Å². The second kappa shape index (κ2) is 7.65. The molecular formula is C15H18O4S. The number of hydrogen-bond acceptors (Lipinski definition) is 4. The molecule has 0 spiro atoms.